The van der Waals surface area contributed by atoms with Crippen molar-refractivity contribution in [2.75, 3.05) is 25.4 Å². The van der Waals surface area contributed by atoms with Crippen molar-refractivity contribution in [2.45, 2.75) is 43.8 Å². The first-order valence-corrected chi connectivity index (χ1v) is 10.8. The molecule has 0 unspecified atom stereocenters. The minimum Gasteiger partial charge on any atom is -0.493 e. The van der Waals surface area contributed by atoms with Gasteiger partial charge in [0.2, 0.25) is 0 Å². The number of fused-ring (bicyclic) bond motifs is 2. The van der Waals surface area contributed by atoms with Gasteiger partial charge in [-0.15, -0.1) is 6.42 Å². The fraction of sp³-hybridized carbons (Fsp3) is 0.409. The average Bonchev–Trinajstić information content (AvgIpc) is 3.29. The van der Waals surface area contributed by atoms with Gasteiger partial charge in [-0.2, -0.15) is 0 Å². The van der Waals surface area contributed by atoms with Gasteiger partial charge in [0.15, 0.2) is 22.1 Å². The standard InChI is InChI=1S/C22H26N6OS/c1-5-14-10-15-6-9-29-16(15)11-17(14)30-21-27-18-19(23)25-13-26-20(18)28(21)8-7-24-12-22(2,3)4/h1,10-11,13,24H,6-9,12H2,2-4H3,(H2,23,25,26). The van der Waals surface area contributed by atoms with Crippen molar-refractivity contribution < 1.29 is 4.74 Å². The number of anilines is 1. The Morgan fingerprint density at radius 1 is 1.33 bits per heavy atom. The Hall–Kier alpha value is -2.76. The molecule has 8 heteroatoms. The van der Waals surface area contributed by atoms with E-state index >= 15 is 0 Å². The van der Waals surface area contributed by atoms with Crippen LogP contribution in [-0.2, 0) is 13.0 Å². The van der Waals surface area contributed by atoms with E-state index in [1.54, 1.807) is 0 Å². The van der Waals surface area contributed by atoms with E-state index in [-0.39, 0.29) is 5.41 Å². The Bertz CT molecular complexity index is 1130. The van der Waals surface area contributed by atoms with Crippen LogP contribution >= 0.6 is 11.8 Å². The molecule has 2 aromatic heterocycles. The maximum absolute atomic E-state index is 6.07. The number of hydrogen-bond donors (Lipinski definition) is 2. The Labute approximate surface area is 180 Å². The minimum atomic E-state index is 0.216. The average molecular weight is 423 g/mol. The Kier molecular flexibility index (Phi) is 5.58. The highest BCUT2D eigenvalue weighted by Crippen LogP contribution is 2.37. The first kappa shape index (κ1) is 20.5. The van der Waals surface area contributed by atoms with Crippen LogP contribution in [-0.4, -0.2) is 39.2 Å². The fourth-order valence-corrected chi connectivity index (χ4v) is 4.39. The molecular weight excluding hydrogens is 396 g/mol. The number of hydrogen-bond acceptors (Lipinski definition) is 7. The van der Waals surface area contributed by atoms with Crippen LogP contribution in [0.5, 0.6) is 5.75 Å². The molecule has 7 nitrogen and oxygen atoms in total. The van der Waals surface area contributed by atoms with E-state index in [0.717, 1.165) is 52.1 Å². The summed E-state index contributed by atoms with van der Waals surface area (Å²) in [5.74, 6) is 4.07. The van der Waals surface area contributed by atoms with Gasteiger partial charge in [-0.25, -0.2) is 15.0 Å². The number of terminal acetylenes is 1. The third-order valence-corrected chi connectivity index (χ3v) is 5.89. The topological polar surface area (TPSA) is 90.9 Å². The molecular formula is C22H26N6OS. The molecule has 0 saturated carbocycles. The minimum absolute atomic E-state index is 0.216. The number of nitrogens with two attached hydrogens (primary N) is 1. The fourth-order valence-electron chi connectivity index (χ4n) is 3.37. The van der Waals surface area contributed by atoms with Crippen LogP contribution < -0.4 is 15.8 Å². The van der Waals surface area contributed by atoms with Crippen molar-refractivity contribution >= 4 is 28.7 Å². The van der Waals surface area contributed by atoms with E-state index in [1.165, 1.54) is 18.1 Å². The third-order valence-electron chi connectivity index (χ3n) is 4.84. The molecule has 3 heterocycles. The molecule has 1 aromatic carbocycles. The van der Waals surface area contributed by atoms with Crippen LogP contribution in [0.3, 0.4) is 0 Å². The second-order valence-corrected chi connectivity index (χ2v) is 9.52. The van der Waals surface area contributed by atoms with Gasteiger partial charge >= 0.3 is 0 Å². The summed E-state index contributed by atoms with van der Waals surface area (Å²) in [4.78, 5) is 14.2. The molecule has 3 aromatic rings. The second kappa shape index (κ2) is 8.17. The number of rotatable bonds is 6. The first-order valence-electron chi connectivity index (χ1n) is 9.97. The summed E-state index contributed by atoms with van der Waals surface area (Å²) in [6.45, 7) is 9.73. The molecule has 0 bridgehead atoms. The summed E-state index contributed by atoms with van der Waals surface area (Å²) in [7, 11) is 0. The smallest absolute Gasteiger partial charge is 0.175 e. The van der Waals surface area contributed by atoms with Crippen molar-refractivity contribution in [3.8, 4) is 18.1 Å². The number of nitrogens with one attached hydrogen (secondary N) is 1. The Morgan fingerprint density at radius 2 is 2.17 bits per heavy atom. The van der Waals surface area contributed by atoms with Crippen molar-refractivity contribution in [1.82, 2.24) is 24.8 Å². The number of imidazole rings is 1. The summed E-state index contributed by atoms with van der Waals surface area (Å²) < 4.78 is 7.81. The number of nitrogens with zero attached hydrogens (tertiary/aromatic N) is 4. The van der Waals surface area contributed by atoms with Crippen LogP contribution in [0, 0.1) is 17.8 Å². The molecule has 0 amide bonds. The molecule has 0 atom stereocenters. The summed E-state index contributed by atoms with van der Waals surface area (Å²) in [5, 5.41) is 4.29. The molecule has 1 aliphatic heterocycles. The van der Waals surface area contributed by atoms with Gasteiger partial charge in [-0.1, -0.05) is 38.5 Å². The van der Waals surface area contributed by atoms with Crippen LogP contribution in [0.1, 0.15) is 31.9 Å². The highest BCUT2D eigenvalue weighted by atomic mass is 32.2. The SMILES string of the molecule is C#Cc1cc2c(cc1Sc1nc3c(N)ncnc3n1CCNCC(C)(C)C)OCC2. The highest BCUT2D eigenvalue weighted by Gasteiger charge is 2.20. The summed E-state index contributed by atoms with van der Waals surface area (Å²) in [6, 6.07) is 4.05. The zero-order valence-electron chi connectivity index (χ0n) is 17.5. The number of benzene rings is 1. The number of aromatic nitrogens is 4. The molecule has 30 heavy (non-hydrogen) atoms. The van der Waals surface area contributed by atoms with Gasteiger partial charge in [-0.3, -0.25) is 0 Å². The van der Waals surface area contributed by atoms with E-state index < -0.39 is 0 Å². The van der Waals surface area contributed by atoms with Gasteiger partial charge in [0.05, 0.1) is 6.61 Å². The third kappa shape index (κ3) is 4.23. The maximum atomic E-state index is 6.07. The van der Waals surface area contributed by atoms with E-state index in [2.05, 4.69) is 46.5 Å². The molecule has 156 valence electrons. The zero-order valence-corrected chi connectivity index (χ0v) is 18.3. The summed E-state index contributed by atoms with van der Waals surface area (Å²) in [6.07, 6.45) is 8.15. The lowest BCUT2D eigenvalue weighted by Crippen LogP contribution is -2.29. The van der Waals surface area contributed by atoms with Gasteiger partial charge in [0.25, 0.3) is 0 Å². The maximum Gasteiger partial charge on any atom is 0.175 e. The molecule has 0 fully saturated rings. The van der Waals surface area contributed by atoms with Crippen LogP contribution in [0.25, 0.3) is 11.2 Å². The van der Waals surface area contributed by atoms with Crippen molar-refractivity contribution in [1.29, 1.82) is 0 Å². The van der Waals surface area contributed by atoms with Gasteiger partial charge in [0.1, 0.15) is 12.1 Å². The molecule has 3 N–H and O–H groups in total. The van der Waals surface area contributed by atoms with E-state index in [4.69, 9.17) is 21.9 Å². The predicted molar refractivity (Wildman–Crippen MR) is 120 cm³/mol. The lowest BCUT2D eigenvalue weighted by molar-refractivity contribution is 0.356. The van der Waals surface area contributed by atoms with Crippen LogP contribution in [0.4, 0.5) is 5.82 Å². The van der Waals surface area contributed by atoms with E-state index in [0.29, 0.717) is 24.5 Å². The molecule has 0 radical (unpaired) electrons. The highest BCUT2D eigenvalue weighted by molar-refractivity contribution is 7.99. The second-order valence-electron chi connectivity index (χ2n) is 8.52. The number of ether oxygens (including phenoxy) is 1. The molecule has 1 aliphatic rings. The van der Waals surface area contributed by atoms with Crippen molar-refractivity contribution in [3.05, 3.63) is 29.6 Å². The number of nitrogen functional groups attached to an aromatic ring is 1. The Balaban J connectivity index is 1.67. The normalized spacial score (nSPS) is 13.3. The lowest BCUT2D eigenvalue weighted by Gasteiger charge is -2.19. The lowest BCUT2D eigenvalue weighted by atomic mass is 9.97. The van der Waals surface area contributed by atoms with Crippen LogP contribution in [0.2, 0.25) is 0 Å². The van der Waals surface area contributed by atoms with E-state index in [9.17, 15) is 0 Å². The van der Waals surface area contributed by atoms with Gasteiger partial charge in [0, 0.05) is 36.5 Å². The van der Waals surface area contributed by atoms with Gasteiger partial charge in [-0.05, 0) is 23.1 Å². The zero-order chi connectivity index (χ0) is 21.3. The monoisotopic (exact) mass is 422 g/mol. The quantitative estimate of drug-likeness (QED) is 0.466. The van der Waals surface area contributed by atoms with E-state index in [1.807, 2.05) is 12.1 Å². The van der Waals surface area contributed by atoms with Crippen LogP contribution in [0.15, 0.2) is 28.5 Å². The first-order chi connectivity index (χ1) is 14.4. The summed E-state index contributed by atoms with van der Waals surface area (Å²) in [5.41, 5.74) is 9.61. The summed E-state index contributed by atoms with van der Waals surface area (Å²) >= 11 is 1.51. The molecule has 0 aliphatic carbocycles. The molecule has 4 rings (SSSR count). The largest absolute Gasteiger partial charge is 0.493 e. The molecule has 0 spiro atoms. The van der Waals surface area contributed by atoms with Gasteiger partial charge < -0.3 is 20.4 Å². The van der Waals surface area contributed by atoms with Crippen molar-refractivity contribution in [3.63, 3.8) is 0 Å². The predicted octanol–water partition coefficient (Wildman–Crippen LogP) is 3.11. The molecule has 0 saturated heterocycles. The van der Waals surface area contributed by atoms with Crippen molar-refractivity contribution in [2.24, 2.45) is 5.41 Å². The Morgan fingerprint density at radius 3 is 2.93 bits per heavy atom.